The Morgan fingerprint density at radius 3 is 2.33 bits per heavy atom. The van der Waals surface area contributed by atoms with Crippen LogP contribution in [0.2, 0.25) is 0 Å². The molecule has 1 heterocycles. The van der Waals surface area contributed by atoms with Gasteiger partial charge in [-0.3, -0.25) is 0 Å². The number of hydrogen-bond donors (Lipinski definition) is 0. The smallest absolute Gasteiger partial charge is 0.410 e. The van der Waals surface area contributed by atoms with E-state index in [1.165, 1.54) is 0 Å². The Bertz CT molecular complexity index is 1010. The molecule has 1 fully saturated rings. The molecular formula is C27H36Cl3N3O3. The average Bonchev–Trinajstić information content (AvgIpc) is 2.79. The van der Waals surface area contributed by atoms with Crippen LogP contribution in [-0.2, 0) is 4.74 Å². The van der Waals surface area contributed by atoms with Crippen molar-refractivity contribution in [2.24, 2.45) is 0 Å². The predicted molar refractivity (Wildman–Crippen MR) is 153 cm³/mol. The highest BCUT2D eigenvalue weighted by molar-refractivity contribution is 5.86. The van der Waals surface area contributed by atoms with Crippen LogP contribution in [0.15, 0.2) is 54.6 Å². The van der Waals surface area contributed by atoms with Crippen LogP contribution in [-0.4, -0.2) is 49.4 Å². The Balaban J connectivity index is 0.00000408. The number of rotatable bonds is 6. The zero-order chi connectivity index (χ0) is 23.8. The average molecular weight is 557 g/mol. The lowest BCUT2D eigenvalue weighted by Gasteiger charge is -2.33. The molecule has 2 aromatic carbocycles. The van der Waals surface area contributed by atoms with E-state index >= 15 is 0 Å². The molecule has 0 bridgehead atoms. The lowest BCUT2D eigenvalue weighted by Crippen LogP contribution is -2.44. The van der Waals surface area contributed by atoms with Crippen LogP contribution in [0.5, 0.6) is 5.75 Å². The highest BCUT2D eigenvalue weighted by Gasteiger charge is 2.27. The number of ether oxygens (including phenoxy) is 2. The van der Waals surface area contributed by atoms with Crippen LogP contribution in [0, 0.1) is 11.3 Å². The molecule has 198 valence electrons. The first-order valence-corrected chi connectivity index (χ1v) is 11.4. The molecule has 1 amide bonds. The topological polar surface area (TPSA) is 65.8 Å². The van der Waals surface area contributed by atoms with Gasteiger partial charge in [0.05, 0.1) is 11.6 Å². The van der Waals surface area contributed by atoms with Gasteiger partial charge in [0.25, 0.3) is 0 Å². The summed E-state index contributed by atoms with van der Waals surface area (Å²) < 4.78 is 11.6. The van der Waals surface area contributed by atoms with E-state index < -0.39 is 5.60 Å². The summed E-state index contributed by atoms with van der Waals surface area (Å²) in [4.78, 5) is 16.1. The van der Waals surface area contributed by atoms with Crippen molar-refractivity contribution in [3.05, 3.63) is 65.7 Å². The van der Waals surface area contributed by atoms with Gasteiger partial charge in [0, 0.05) is 45.2 Å². The van der Waals surface area contributed by atoms with E-state index in [2.05, 4.69) is 29.2 Å². The summed E-state index contributed by atoms with van der Waals surface area (Å²) in [7, 11) is 2.04. The maximum atomic E-state index is 12.2. The molecular weight excluding hydrogens is 521 g/mol. The third-order valence-corrected chi connectivity index (χ3v) is 5.38. The van der Waals surface area contributed by atoms with Gasteiger partial charge in [-0.2, -0.15) is 5.26 Å². The summed E-state index contributed by atoms with van der Waals surface area (Å²) in [5.74, 6) is 0.840. The summed E-state index contributed by atoms with van der Waals surface area (Å²) in [6, 6.07) is 17.8. The summed E-state index contributed by atoms with van der Waals surface area (Å²) in [6.45, 7) is 7.68. The number of likely N-dealkylation sites (tertiary alicyclic amines) is 1. The monoisotopic (exact) mass is 555 g/mol. The Labute approximate surface area is 233 Å². The van der Waals surface area contributed by atoms with E-state index in [1.54, 1.807) is 11.0 Å². The molecule has 1 saturated heterocycles. The van der Waals surface area contributed by atoms with Gasteiger partial charge in [-0.25, -0.2) is 4.79 Å². The Morgan fingerprint density at radius 2 is 1.75 bits per heavy atom. The third-order valence-electron chi connectivity index (χ3n) is 5.38. The molecule has 0 N–H and O–H groups in total. The first-order chi connectivity index (χ1) is 15.7. The molecule has 0 saturated carbocycles. The third kappa shape index (κ3) is 10.6. The number of nitriles is 1. The fraction of sp³-hybridized carbons (Fsp3) is 0.407. The zero-order valence-electron chi connectivity index (χ0n) is 21.2. The standard InChI is InChI=1S/C27H33N3O3.3ClH/c1-27(2,3)33-26(31)30-17-14-25(15-18-30)32-24-12-10-23(11-13-24)29(4)16-6-9-21-7-5-8-22(19-21)20-28;;;/h5-13,19,25H,14-18H2,1-4H3;3*1H/b9-6+;;;. The molecule has 0 unspecified atom stereocenters. The second-order valence-electron chi connectivity index (χ2n) is 9.30. The van der Waals surface area contributed by atoms with Gasteiger partial charge in [-0.05, 0) is 62.7 Å². The van der Waals surface area contributed by atoms with Crippen LogP contribution >= 0.6 is 37.2 Å². The van der Waals surface area contributed by atoms with E-state index in [9.17, 15) is 4.79 Å². The summed E-state index contributed by atoms with van der Waals surface area (Å²) in [5.41, 5.74) is 2.30. The highest BCUT2D eigenvalue weighted by atomic mass is 35.5. The van der Waals surface area contributed by atoms with E-state index in [0.717, 1.165) is 36.4 Å². The highest BCUT2D eigenvalue weighted by Crippen LogP contribution is 2.23. The summed E-state index contributed by atoms with van der Waals surface area (Å²) in [6.07, 6.45) is 5.54. The van der Waals surface area contributed by atoms with Crippen LogP contribution in [0.25, 0.3) is 6.08 Å². The lowest BCUT2D eigenvalue weighted by atomic mass is 10.1. The normalized spacial score (nSPS) is 13.5. The van der Waals surface area contributed by atoms with Crippen molar-refractivity contribution in [2.75, 3.05) is 31.6 Å². The minimum Gasteiger partial charge on any atom is -0.490 e. The number of benzene rings is 2. The molecule has 6 nitrogen and oxygen atoms in total. The number of piperidine rings is 1. The van der Waals surface area contributed by atoms with Crippen LogP contribution in [0.3, 0.4) is 0 Å². The molecule has 1 aliphatic heterocycles. The van der Waals surface area contributed by atoms with Gasteiger partial charge in [-0.1, -0.05) is 24.3 Å². The van der Waals surface area contributed by atoms with Gasteiger partial charge in [-0.15, -0.1) is 37.2 Å². The van der Waals surface area contributed by atoms with Crippen molar-refractivity contribution in [1.29, 1.82) is 5.26 Å². The van der Waals surface area contributed by atoms with Gasteiger partial charge < -0.3 is 19.3 Å². The van der Waals surface area contributed by atoms with E-state index in [-0.39, 0.29) is 49.4 Å². The SMILES string of the molecule is CN(C/C=C/c1cccc(C#N)c1)c1ccc(OC2CCN(C(=O)OC(C)(C)C)CC2)cc1.Cl.Cl.Cl. The molecule has 36 heavy (non-hydrogen) atoms. The number of hydrogen-bond acceptors (Lipinski definition) is 5. The maximum absolute atomic E-state index is 12.2. The molecule has 0 aromatic heterocycles. The van der Waals surface area contributed by atoms with Gasteiger partial charge >= 0.3 is 6.09 Å². The first-order valence-electron chi connectivity index (χ1n) is 11.4. The van der Waals surface area contributed by atoms with Crippen LogP contribution in [0.4, 0.5) is 10.5 Å². The van der Waals surface area contributed by atoms with Crippen LogP contribution < -0.4 is 9.64 Å². The van der Waals surface area contributed by atoms with Crippen molar-refractivity contribution in [3.63, 3.8) is 0 Å². The number of nitrogens with zero attached hydrogens (tertiary/aromatic N) is 3. The quantitative estimate of drug-likeness (QED) is 0.394. The predicted octanol–water partition coefficient (Wildman–Crippen LogP) is 6.75. The Hall–Kier alpha value is -2.59. The molecule has 3 rings (SSSR count). The molecule has 9 heteroatoms. The fourth-order valence-corrected chi connectivity index (χ4v) is 3.62. The Morgan fingerprint density at radius 1 is 1.11 bits per heavy atom. The van der Waals surface area contributed by atoms with Crippen molar-refractivity contribution < 1.29 is 14.3 Å². The van der Waals surface area contributed by atoms with E-state index in [1.807, 2.05) is 64.2 Å². The Kier molecular flexibility index (Phi) is 14.4. The number of carbonyl (C=O) groups excluding carboxylic acids is 1. The number of halogens is 3. The van der Waals surface area contributed by atoms with E-state index in [0.29, 0.717) is 18.7 Å². The largest absolute Gasteiger partial charge is 0.490 e. The second-order valence-corrected chi connectivity index (χ2v) is 9.30. The first kappa shape index (κ1) is 33.4. The van der Waals surface area contributed by atoms with Crippen molar-refractivity contribution in [2.45, 2.75) is 45.3 Å². The molecule has 1 aliphatic rings. The lowest BCUT2D eigenvalue weighted by molar-refractivity contribution is 0.0126. The molecule has 0 radical (unpaired) electrons. The maximum Gasteiger partial charge on any atom is 0.410 e. The number of amides is 1. The molecule has 2 aromatic rings. The van der Waals surface area contributed by atoms with Gasteiger partial charge in [0.2, 0.25) is 0 Å². The van der Waals surface area contributed by atoms with Crippen molar-refractivity contribution in [3.8, 4) is 11.8 Å². The van der Waals surface area contributed by atoms with E-state index in [4.69, 9.17) is 14.7 Å². The van der Waals surface area contributed by atoms with Crippen LogP contribution in [0.1, 0.15) is 44.7 Å². The summed E-state index contributed by atoms with van der Waals surface area (Å²) in [5, 5.41) is 9.01. The second kappa shape index (κ2) is 15.5. The zero-order valence-corrected chi connectivity index (χ0v) is 23.6. The summed E-state index contributed by atoms with van der Waals surface area (Å²) >= 11 is 0. The minimum atomic E-state index is -0.475. The molecule has 0 spiro atoms. The molecule has 0 aliphatic carbocycles. The van der Waals surface area contributed by atoms with Gasteiger partial charge in [0.15, 0.2) is 0 Å². The fourth-order valence-electron chi connectivity index (χ4n) is 3.62. The minimum absolute atomic E-state index is 0. The molecule has 0 atom stereocenters. The number of likely N-dealkylation sites (N-methyl/N-ethyl adjacent to an activating group) is 1. The van der Waals surface area contributed by atoms with Crippen molar-refractivity contribution in [1.82, 2.24) is 4.90 Å². The van der Waals surface area contributed by atoms with Crippen molar-refractivity contribution >= 4 is 55.1 Å². The van der Waals surface area contributed by atoms with Gasteiger partial charge in [0.1, 0.15) is 17.5 Å². The number of carbonyl (C=O) groups is 1. The number of anilines is 1.